The third-order valence-corrected chi connectivity index (χ3v) is 3.12. The zero-order valence-corrected chi connectivity index (χ0v) is 11.0. The van der Waals surface area contributed by atoms with Gasteiger partial charge in [0.1, 0.15) is 0 Å². The number of rotatable bonds is 5. The standard InChI is InChI=1S/C11H14N4O2S/c1-3-17-10(16)9-6-18-11(15-9)14-7(2)8-4-12-13-5-8/h4-7H,3H2,1-2H3,(H,12,13)(H,14,15). The van der Waals surface area contributed by atoms with Gasteiger partial charge in [0.15, 0.2) is 10.8 Å². The average molecular weight is 266 g/mol. The van der Waals surface area contributed by atoms with Crippen LogP contribution in [-0.2, 0) is 4.74 Å². The highest BCUT2D eigenvalue weighted by molar-refractivity contribution is 7.13. The first kappa shape index (κ1) is 12.6. The lowest BCUT2D eigenvalue weighted by atomic mass is 10.2. The van der Waals surface area contributed by atoms with E-state index in [1.54, 1.807) is 18.5 Å². The fraction of sp³-hybridized carbons (Fsp3) is 0.364. The fourth-order valence-electron chi connectivity index (χ4n) is 1.41. The van der Waals surface area contributed by atoms with E-state index >= 15 is 0 Å². The molecule has 0 aliphatic rings. The Balaban J connectivity index is 2.00. The Bertz CT molecular complexity index is 509. The average Bonchev–Trinajstić information content (AvgIpc) is 2.99. The molecule has 0 aromatic carbocycles. The molecule has 0 fully saturated rings. The van der Waals surface area contributed by atoms with Gasteiger partial charge in [0.25, 0.3) is 0 Å². The number of thiazole rings is 1. The van der Waals surface area contributed by atoms with Gasteiger partial charge in [-0.2, -0.15) is 5.10 Å². The molecule has 0 spiro atoms. The number of ether oxygens (including phenoxy) is 1. The third-order valence-electron chi connectivity index (χ3n) is 2.35. The van der Waals surface area contributed by atoms with E-state index in [4.69, 9.17) is 4.74 Å². The number of esters is 1. The number of aromatic amines is 1. The van der Waals surface area contributed by atoms with Crippen molar-refractivity contribution in [3.8, 4) is 0 Å². The van der Waals surface area contributed by atoms with Crippen LogP contribution in [0.4, 0.5) is 5.13 Å². The van der Waals surface area contributed by atoms with Crippen LogP contribution in [0.2, 0.25) is 0 Å². The number of carbonyl (C=O) groups is 1. The lowest BCUT2D eigenvalue weighted by Crippen LogP contribution is -2.07. The van der Waals surface area contributed by atoms with Crippen molar-refractivity contribution < 1.29 is 9.53 Å². The second-order valence-electron chi connectivity index (χ2n) is 3.66. The largest absolute Gasteiger partial charge is 0.461 e. The summed E-state index contributed by atoms with van der Waals surface area (Å²) in [6.07, 6.45) is 3.56. The van der Waals surface area contributed by atoms with Gasteiger partial charge < -0.3 is 10.1 Å². The zero-order valence-electron chi connectivity index (χ0n) is 10.1. The van der Waals surface area contributed by atoms with Gasteiger partial charge in [0, 0.05) is 17.1 Å². The SMILES string of the molecule is CCOC(=O)c1csc(NC(C)c2cn[nH]c2)n1. The predicted octanol–water partition coefficient (Wildman–Crippen LogP) is 2.22. The summed E-state index contributed by atoms with van der Waals surface area (Å²) in [5, 5.41) is 12.2. The van der Waals surface area contributed by atoms with Crippen LogP contribution < -0.4 is 5.32 Å². The maximum atomic E-state index is 11.5. The van der Waals surface area contributed by atoms with Crippen molar-refractivity contribution in [2.45, 2.75) is 19.9 Å². The molecule has 2 aromatic rings. The van der Waals surface area contributed by atoms with E-state index in [-0.39, 0.29) is 6.04 Å². The molecule has 6 nitrogen and oxygen atoms in total. The van der Waals surface area contributed by atoms with Crippen LogP contribution in [-0.4, -0.2) is 27.8 Å². The van der Waals surface area contributed by atoms with Crippen molar-refractivity contribution in [2.75, 3.05) is 11.9 Å². The summed E-state index contributed by atoms with van der Waals surface area (Å²) in [5.41, 5.74) is 1.37. The summed E-state index contributed by atoms with van der Waals surface area (Å²) in [4.78, 5) is 15.6. The van der Waals surface area contributed by atoms with Crippen molar-refractivity contribution in [1.82, 2.24) is 15.2 Å². The smallest absolute Gasteiger partial charge is 0.357 e. The van der Waals surface area contributed by atoms with Crippen molar-refractivity contribution in [1.29, 1.82) is 0 Å². The molecule has 2 aromatic heterocycles. The molecule has 96 valence electrons. The minimum Gasteiger partial charge on any atom is -0.461 e. The molecule has 1 unspecified atom stereocenters. The van der Waals surface area contributed by atoms with Crippen molar-refractivity contribution in [3.05, 3.63) is 29.0 Å². The number of nitrogens with one attached hydrogen (secondary N) is 2. The van der Waals surface area contributed by atoms with Crippen molar-refractivity contribution >= 4 is 22.4 Å². The maximum absolute atomic E-state index is 11.5. The molecule has 0 amide bonds. The zero-order chi connectivity index (χ0) is 13.0. The minimum atomic E-state index is -0.391. The van der Waals surface area contributed by atoms with Gasteiger partial charge in [-0.15, -0.1) is 11.3 Å². The van der Waals surface area contributed by atoms with Gasteiger partial charge in [0.2, 0.25) is 0 Å². The van der Waals surface area contributed by atoms with Gasteiger partial charge in [-0.25, -0.2) is 9.78 Å². The maximum Gasteiger partial charge on any atom is 0.357 e. The van der Waals surface area contributed by atoms with E-state index in [1.807, 2.05) is 13.1 Å². The number of hydrogen-bond donors (Lipinski definition) is 2. The number of aromatic nitrogens is 3. The molecule has 2 rings (SSSR count). The second kappa shape index (κ2) is 5.63. The van der Waals surface area contributed by atoms with Crippen LogP contribution in [0.25, 0.3) is 0 Å². The van der Waals surface area contributed by atoms with Crippen LogP contribution >= 0.6 is 11.3 Å². The molecule has 2 N–H and O–H groups in total. The molecule has 0 aliphatic heterocycles. The number of anilines is 1. The van der Waals surface area contributed by atoms with Crippen LogP contribution in [0, 0.1) is 0 Å². The Morgan fingerprint density at radius 3 is 3.17 bits per heavy atom. The Labute approximate surface area is 108 Å². The van der Waals surface area contributed by atoms with E-state index in [0.29, 0.717) is 17.4 Å². The summed E-state index contributed by atoms with van der Waals surface area (Å²) in [7, 11) is 0. The first-order chi connectivity index (χ1) is 8.70. The van der Waals surface area contributed by atoms with Crippen LogP contribution in [0.1, 0.15) is 35.9 Å². The summed E-state index contributed by atoms with van der Waals surface area (Å²) in [6, 6.07) is 0.0740. The van der Waals surface area contributed by atoms with Gasteiger partial charge in [0.05, 0.1) is 18.8 Å². The normalized spacial score (nSPS) is 12.1. The van der Waals surface area contributed by atoms with E-state index in [0.717, 1.165) is 5.56 Å². The molecule has 2 heterocycles. The number of H-pyrrole nitrogens is 1. The first-order valence-corrected chi connectivity index (χ1v) is 6.46. The molecule has 0 radical (unpaired) electrons. The van der Waals surface area contributed by atoms with E-state index in [1.165, 1.54) is 11.3 Å². The molecular formula is C11H14N4O2S. The topological polar surface area (TPSA) is 79.9 Å². The van der Waals surface area contributed by atoms with Crippen LogP contribution in [0.5, 0.6) is 0 Å². The lowest BCUT2D eigenvalue weighted by molar-refractivity contribution is 0.0520. The highest BCUT2D eigenvalue weighted by Crippen LogP contribution is 2.22. The Hall–Kier alpha value is -1.89. The molecule has 7 heteroatoms. The monoisotopic (exact) mass is 266 g/mol. The highest BCUT2D eigenvalue weighted by atomic mass is 32.1. The van der Waals surface area contributed by atoms with Gasteiger partial charge in [-0.05, 0) is 13.8 Å². The molecule has 0 bridgehead atoms. The third kappa shape index (κ3) is 2.86. The molecule has 0 saturated heterocycles. The lowest BCUT2D eigenvalue weighted by Gasteiger charge is -2.09. The molecule has 18 heavy (non-hydrogen) atoms. The van der Waals surface area contributed by atoms with Crippen LogP contribution in [0.15, 0.2) is 17.8 Å². The van der Waals surface area contributed by atoms with E-state index in [9.17, 15) is 4.79 Å². The summed E-state index contributed by atoms with van der Waals surface area (Å²) in [5.74, 6) is -0.391. The van der Waals surface area contributed by atoms with E-state index in [2.05, 4.69) is 20.5 Å². The summed E-state index contributed by atoms with van der Waals surface area (Å²) < 4.78 is 4.88. The summed E-state index contributed by atoms with van der Waals surface area (Å²) >= 11 is 1.38. The van der Waals surface area contributed by atoms with Gasteiger partial charge in [-0.1, -0.05) is 0 Å². The second-order valence-corrected chi connectivity index (χ2v) is 4.51. The van der Waals surface area contributed by atoms with E-state index < -0.39 is 5.97 Å². The Morgan fingerprint density at radius 1 is 1.67 bits per heavy atom. The molecule has 0 saturated carbocycles. The summed E-state index contributed by atoms with van der Waals surface area (Å²) in [6.45, 7) is 4.12. The van der Waals surface area contributed by atoms with Crippen molar-refractivity contribution in [3.63, 3.8) is 0 Å². The number of nitrogens with zero attached hydrogens (tertiary/aromatic N) is 2. The Kier molecular flexibility index (Phi) is 3.93. The van der Waals surface area contributed by atoms with Crippen LogP contribution in [0.3, 0.4) is 0 Å². The quantitative estimate of drug-likeness (QED) is 0.811. The van der Waals surface area contributed by atoms with Crippen molar-refractivity contribution in [2.24, 2.45) is 0 Å². The molecular weight excluding hydrogens is 252 g/mol. The predicted molar refractivity (Wildman–Crippen MR) is 68.7 cm³/mol. The van der Waals surface area contributed by atoms with Gasteiger partial charge in [-0.3, -0.25) is 5.10 Å². The highest BCUT2D eigenvalue weighted by Gasteiger charge is 2.13. The fourth-order valence-corrected chi connectivity index (χ4v) is 2.17. The minimum absolute atomic E-state index is 0.0740. The molecule has 0 aliphatic carbocycles. The van der Waals surface area contributed by atoms with Gasteiger partial charge >= 0.3 is 5.97 Å². The number of carbonyl (C=O) groups excluding carboxylic acids is 1. The molecule has 1 atom stereocenters. The Morgan fingerprint density at radius 2 is 2.50 bits per heavy atom. The number of hydrogen-bond acceptors (Lipinski definition) is 6. The first-order valence-electron chi connectivity index (χ1n) is 5.58.